The zero-order valence-electron chi connectivity index (χ0n) is 44.4. The van der Waals surface area contributed by atoms with Gasteiger partial charge in [-0.2, -0.15) is 0 Å². The van der Waals surface area contributed by atoms with Gasteiger partial charge in [0.25, 0.3) is 0 Å². The third-order valence-corrected chi connectivity index (χ3v) is 19.1. The molecule has 0 amide bonds. The van der Waals surface area contributed by atoms with E-state index in [0.29, 0.717) is 0 Å². The molecule has 13 aromatic carbocycles. The highest BCUT2D eigenvalue weighted by atomic mass is 16.3. The minimum Gasteiger partial charge on any atom is -0.455 e. The average molecular weight is 1040 g/mol. The first-order chi connectivity index (χ1) is 40.7. The summed E-state index contributed by atoms with van der Waals surface area (Å²) in [5.74, 6) is 0. The van der Waals surface area contributed by atoms with Gasteiger partial charge in [0.15, 0.2) is 0 Å². The minimum absolute atomic E-state index is 0.697. The molecule has 4 aliphatic rings. The largest absolute Gasteiger partial charge is 0.455 e. The van der Waals surface area contributed by atoms with Crippen LogP contribution in [0.25, 0.3) is 133 Å². The quantitative estimate of drug-likeness (QED) is 0.176. The number of furan rings is 2. The Labute approximate surface area is 473 Å². The molecule has 0 saturated heterocycles. The number of para-hydroxylation sites is 2. The molecule has 19 rings (SSSR count). The van der Waals surface area contributed by atoms with Gasteiger partial charge >= 0.3 is 0 Å². The van der Waals surface area contributed by atoms with E-state index >= 15 is 0 Å². The molecular formula is C80H46O2. The van der Waals surface area contributed by atoms with E-state index in [1.165, 1.54) is 111 Å². The lowest BCUT2D eigenvalue weighted by Gasteiger charge is -2.32. The van der Waals surface area contributed by atoms with Crippen molar-refractivity contribution in [1.29, 1.82) is 0 Å². The van der Waals surface area contributed by atoms with Crippen LogP contribution in [0.4, 0.5) is 0 Å². The summed E-state index contributed by atoms with van der Waals surface area (Å²) in [6, 6.07) is 104. The number of rotatable bonds is 4. The highest BCUT2D eigenvalue weighted by molar-refractivity contribution is 6.23. The molecule has 0 fully saturated rings. The molecule has 2 aromatic heterocycles. The van der Waals surface area contributed by atoms with Crippen molar-refractivity contribution in [2.75, 3.05) is 0 Å². The first-order valence-electron chi connectivity index (χ1n) is 28.6. The molecule has 2 heterocycles. The summed E-state index contributed by atoms with van der Waals surface area (Å²) in [5, 5.41) is 4.53. The lowest BCUT2D eigenvalue weighted by atomic mass is 9.68. The van der Waals surface area contributed by atoms with E-state index in [-0.39, 0.29) is 0 Å². The van der Waals surface area contributed by atoms with Crippen LogP contribution in [-0.2, 0) is 10.8 Å². The SMILES string of the molecule is c1ccc(-c2ccc(-c3cc4c(c5c3oc3ccccc35)-c3cc5c(cc3C43c4ccccc4-c4ccccc43)-c3c(cc(-c4ccc(-c6ccccc6)cc4)c4oc6ccccc6c34)C53c4ccccc4-c4ccccc43)cc2)cc1. The van der Waals surface area contributed by atoms with Crippen molar-refractivity contribution in [1.82, 2.24) is 0 Å². The molecule has 378 valence electrons. The van der Waals surface area contributed by atoms with Gasteiger partial charge < -0.3 is 8.83 Å². The van der Waals surface area contributed by atoms with E-state index in [2.05, 4.69) is 279 Å². The summed E-state index contributed by atoms with van der Waals surface area (Å²) in [4.78, 5) is 0. The van der Waals surface area contributed by atoms with Gasteiger partial charge in [-0.25, -0.2) is 0 Å². The van der Waals surface area contributed by atoms with Gasteiger partial charge in [0, 0.05) is 32.7 Å². The van der Waals surface area contributed by atoms with E-state index in [1.807, 2.05) is 0 Å². The lowest BCUT2D eigenvalue weighted by Crippen LogP contribution is -2.27. The van der Waals surface area contributed by atoms with Crippen LogP contribution in [0.1, 0.15) is 44.5 Å². The lowest BCUT2D eigenvalue weighted by molar-refractivity contribution is 0.669. The smallest absolute Gasteiger partial charge is 0.143 e. The van der Waals surface area contributed by atoms with Crippen molar-refractivity contribution in [3.8, 4) is 89.0 Å². The molecule has 2 heteroatoms. The maximum atomic E-state index is 7.27. The second-order valence-corrected chi connectivity index (χ2v) is 22.8. The molecule has 0 unspecified atom stereocenters. The molecule has 15 aromatic rings. The summed E-state index contributed by atoms with van der Waals surface area (Å²) in [6.07, 6.45) is 0. The van der Waals surface area contributed by atoms with Crippen LogP contribution in [0.5, 0.6) is 0 Å². The third kappa shape index (κ3) is 5.49. The first-order valence-corrected chi connectivity index (χ1v) is 28.6. The van der Waals surface area contributed by atoms with Crippen LogP contribution in [0.15, 0.2) is 288 Å². The molecule has 0 aliphatic heterocycles. The van der Waals surface area contributed by atoms with Gasteiger partial charge in [-0.3, -0.25) is 0 Å². The van der Waals surface area contributed by atoms with E-state index < -0.39 is 10.8 Å². The fourth-order valence-corrected chi connectivity index (χ4v) is 15.9. The van der Waals surface area contributed by atoms with Gasteiger partial charge in [0.1, 0.15) is 22.3 Å². The molecule has 2 nitrogen and oxygen atoms in total. The number of hydrogen-bond donors (Lipinski definition) is 0. The van der Waals surface area contributed by atoms with E-state index in [0.717, 1.165) is 66.1 Å². The summed E-state index contributed by atoms with van der Waals surface area (Å²) >= 11 is 0. The molecule has 0 saturated carbocycles. The average Bonchev–Trinajstić information content (AvgIpc) is 3.46. The maximum Gasteiger partial charge on any atom is 0.143 e. The number of benzene rings is 13. The monoisotopic (exact) mass is 1040 g/mol. The highest BCUT2D eigenvalue weighted by Gasteiger charge is 2.57. The molecule has 0 radical (unpaired) electrons. The highest BCUT2D eigenvalue weighted by Crippen LogP contribution is 2.70. The van der Waals surface area contributed by atoms with E-state index in [9.17, 15) is 0 Å². The van der Waals surface area contributed by atoms with E-state index in [1.54, 1.807) is 0 Å². The fraction of sp³-hybridized carbons (Fsp3) is 0.0250. The molecule has 0 N–H and O–H groups in total. The van der Waals surface area contributed by atoms with Crippen molar-refractivity contribution in [2.24, 2.45) is 0 Å². The Morgan fingerprint density at radius 1 is 0.207 bits per heavy atom. The minimum atomic E-state index is -0.697. The van der Waals surface area contributed by atoms with Crippen LogP contribution >= 0.6 is 0 Å². The second-order valence-electron chi connectivity index (χ2n) is 22.8. The van der Waals surface area contributed by atoms with Gasteiger partial charge in [-0.1, -0.05) is 243 Å². The van der Waals surface area contributed by atoms with Gasteiger partial charge in [-0.05, 0) is 159 Å². The first kappa shape index (κ1) is 44.3. The Morgan fingerprint density at radius 2 is 0.500 bits per heavy atom. The summed E-state index contributed by atoms with van der Waals surface area (Å²) < 4.78 is 14.5. The Kier molecular flexibility index (Phi) is 8.69. The molecule has 82 heavy (non-hydrogen) atoms. The molecule has 0 bridgehead atoms. The molecule has 2 spiro atoms. The zero-order chi connectivity index (χ0) is 53.4. The van der Waals surface area contributed by atoms with Gasteiger partial charge in [0.2, 0.25) is 0 Å². The summed E-state index contributed by atoms with van der Waals surface area (Å²) in [7, 11) is 0. The summed E-state index contributed by atoms with van der Waals surface area (Å²) in [6.45, 7) is 0. The Balaban J connectivity index is 0.978. The Hall–Kier alpha value is -10.5. The Bertz CT molecular complexity index is 4830. The standard InChI is InChI=1S/C80H46O2/c1-3-19-47(20-4-1)49-35-39-51(40-36-49)59-43-69-73(75-57-27-11-17-33-71(57)81-77(59)75)61-45-68-62(46-67(61)79(69)63-29-13-7-23-53(63)54-24-8-14-30-64(54)79)74-70(80(68)65-31-15-9-25-55(65)56-26-10-16-32-66(56)80)44-60(78-76(74)58-28-12-18-34-72(58)82-78)52-41-37-50(38-42-52)48-21-5-2-6-22-48/h1-46H. The predicted octanol–water partition coefficient (Wildman–Crippen LogP) is 20.8. The van der Waals surface area contributed by atoms with Gasteiger partial charge in [-0.15, -0.1) is 0 Å². The normalized spacial score (nSPS) is 14.0. The van der Waals surface area contributed by atoms with Gasteiger partial charge in [0.05, 0.1) is 10.8 Å². The molecule has 0 atom stereocenters. The van der Waals surface area contributed by atoms with Crippen LogP contribution in [0, 0.1) is 0 Å². The third-order valence-electron chi connectivity index (χ3n) is 19.1. The fourth-order valence-electron chi connectivity index (χ4n) is 15.9. The topological polar surface area (TPSA) is 26.3 Å². The molecule has 4 aliphatic carbocycles. The van der Waals surface area contributed by atoms with Crippen LogP contribution in [0.3, 0.4) is 0 Å². The predicted molar refractivity (Wildman–Crippen MR) is 335 cm³/mol. The zero-order valence-corrected chi connectivity index (χ0v) is 44.4. The van der Waals surface area contributed by atoms with E-state index in [4.69, 9.17) is 8.83 Å². The van der Waals surface area contributed by atoms with Crippen molar-refractivity contribution in [2.45, 2.75) is 10.8 Å². The number of fused-ring (bicyclic) bond motifs is 28. The van der Waals surface area contributed by atoms with Crippen LogP contribution in [-0.4, -0.2) is 0 Å². The van der Waals surface area contributed by atoms with Crippen molar-refractivity contribution >= 4 is 43.9 Å². The van der Waals surface area contributed by atoms with Crippen molar-refractivity contribution in [3.05, 3.63) is 324 Å². The number of hydrogen-bond acceptors (Lipinski definition) is 2. The summed E-state index contributed by atoms with van der Waals surface area (Å²) in [5.41, 5.74) is 31.7. The maximum absolute atomic E-state index is 7.27. The van der Waals surface area contributed by atoms with Crippen LogP contribution in [0.2, 0.25) is 0 Å². The second kappa shape index (κ2) is 16.1. The molecular weight excluding hydrogens is 993 g/mol. The van der Waals surface area contributed by atoms with Crippen LogP contribution < -0.4 is 0 Å². The van der Waals surface area contributed by atoms with Crippen molar-refractivity contribution < 1.29 is 8.83 Å². The Morgan fingerprint density at radius 3 is 0.878 bits per heavy atom. The van der Waals surface area contributed by atoms with Crippen molar-refractivity contribution in [3.63, 3.8) is 0 Å².